The maximum absolute atomic E-state index is 12.3. The number of ketones is 2. The van der Waals surface area contributed by atoms with Gasteiger partial charge in [-0.3, -0.25) is 9.59 Å². The second kappa shape index (κ2) is 11.4. The fourth-order valence-electron chi connectivity index (χ4n) is 3.45. The molecule has 0 spiro atoms. The van der Waals surface area contributed by atoms with Gasteiger partial charge in [-0.15, -0.1) is 6.58 Å². The average molecular weight is 319 g/mol. The number of Topliss-reactive ketones (excluding diaryl/α,β-unsaturated/α-hetero) is 2. The van der Waals surface area contributed by atoms with Gasteiger partial charge >= 0.3 is 0 Å². The highest BCUT2D eigenvalue weighted by Crippen LogP contribution is 2.37. The summed E-state index contributed by atoms with van der Waals surface area (Å²) in [4.78, 5) is 24.6. The average Bonchev–Trinajstić information content (AvgIpc) is 2.54. The summed E-state index contributed by atoms with van der Waals surface area (Å²) in [5, 5.41) is 0. The molecule has 0 amide bonds. The second-order valence-electron chi connectivity index (χ2n) is 6.86. The normalized spacial score (nSPS) is 17.8. The van der Waals surface area contributed by atoms with Crippen LogP contribution in [0, 0.1) is 5.41 Å². The van der Waals surface area contributed by atoms with Crippen molar-refractivity contribution in [2.45, 2.75) is 90.4 Å². The molecule has 0 N–H and O–H groups in total. The third-order valence-corrected chi connectivity index (χ3v) is 4.98. The Morgan fingerprint density at radius 2 is 1.52 bits per heavy atom. The fraction of sp³-hybridized carbons (Fsp3) is 0.714. The Labute approximate surface area is 142 Å². The lowest BCUT2D eigenvalue weighted by atomic mass is 9.67. The first-order valence-corrected chi connectivity index (χ1v) is 9.50. The topological polar surface area (TPSA) is 34.1 Å². The minimum absolute atomic E-state index is 0.120. The van der Waals surface area contributed by atoms with Crippen molar-refractivity contribution in [3.8, 4) is 0 Å². The van der Waals surface area contributed by atoms with Gasteiger partial charge in [0, 0.05) is 12.8 Å². The van der Waals surface area contributed by atoms with Gasteiger partial charge in [0.25, 0.3) is 0 Å². The third-order valence-electron chi connectivity index (χ3n) is 4.98. The lowest BCUT2D eigenvalue weighted by molar-refractivity contribution is -0.143. The van der Waals surface area contributed by atoms with E-state index in [1.807, 2.05) is 0 Å². The van der Waals surface area contributed by atoms with Gasteiger partial charge in [-0.25, -0.2) is 0 Å². The smallest absolute Gasteiger partial charge is 0.147 e. The summed E-state index contributed by atoms with van der Waals surface area (Å²) in [6.45, 7) is 5.98. The number of allylic oxidation sites excluding steroid dienone is 3. The Morgan fingerprint density at radius 3 is 2.13 bits per heavy atom. The molecule has 0 saturated heterocycles. The molecule has 1 saturated carbocycles. The summed E-state index contributed by atoms with van der Waals surface area (Å²) in [7, 11) is 0. The van der Waals surface area contributed by atoms with Crippen LogP contribution in [-0.2, 0) is 9.59 Å². The van der Waals surface area contributed by atoms with Crippen molar-refractivity contribution in [3.63, 3.8) is 0 Å². The summed E-state index contributed by atoms with van der Waals surface area (Å²) < 4.78 is 0. The van der Waals surface area contributed by atoms with Crippen LogP contribution in [0.15, 0.2) is 24.8 Å². The molecule has 1 aliphatic carbocycles. The molecule has 0 unspecified atom stereocenters. The zero-order chi connectivity index (χ0) is 17.0. The van der Waals surface area contributed by atoms with E-state index in [0.717, 1.165) is 12.8 Å². The molecule has 23 heavy (non-hydrogen) atoms. The maximum Gasteiger partial charge on any atom is 0.147 e. The summed E-state index contributed by atoms with van der Waals surface area (Å²) >= 11 is 0. The van der Waals surface area contributed by atoms with E-state index in [1.54, 1.807) is 6.08 Å². The first-order valence-electron chi connectivity index (χ1n) is 9.50. The largest absolute Gasteiger partial charge is 0.299 e. The van der Waals surface area contributed by atoms with Crippen LogP contribution in [0.2, 0.25) is 0 Å². The van der Waals surface area contributed by atoms with Crippen molar-refractivity contribution in [3.05, 3.63) is 24.8 Å². The minimum atomic E-state index is -0.795. The van der Waals surface area contributed by atoms with Crippen LogP contribution in [0.25, 0.3) is 0 Å². The number of rotatable bonds is 12. The zero-order valence-corrected chi connectivity index (χ0v) is 14.9. The van der Waals surface area contributed by atoms with Gasteiger partial charge in [0.15, 0.2) is 0 Å². The maximum atomic E-state index is 12.3. The monoisotopic (exact) mass is 318 g/mol. The van der Waals surface area contributed by atoms with E-state index in [1.165, 1.54) is 44.9 Å². The molecule has 0 atom stereocenters. The molecule has 0 aromatic rings. The summed E-state index contributed by atoms with van der Waals surface area (Å²) in [6.07, 6.45) is 19.0. The van der Waals surface area contributed by atoms with Crippen molar-refractivity contribution in [2.24, 2.45) is 5.41 Å². The molecule has 0 aromatic heterocycles. The van der Waals surface area contributed by atoms with E-state index in [-0.39, 0.29) is 11.6 Å². The van der Waals surface area contributed by atoms with E-state index < -0.39 is 5.41 Å². The van der Waals surface area contributed by atoms with Crippen LogP contribution >= 0.6 is 0 Å². The molecular weight excluding hydrogens is 284 g/mol. The van der Waals surface area contributed by atoms with E-state index in [4.69, 9.17) is 0 Å². The molecule has 0 aromatic carbocycles. The van der Waals surface area contributed by atoms with Gasteiger partial charge < -0.3 is 0 Å². The standard InChI is InChI=1S/C21H34O2/c1-3-5-6-7-8-9-10-11-12-13-18-21(17-4-2)19(22)15-14-16-20(21)23/h4,12-13H,2-3,5-11,14-18H2,1H3/b13-12+. The van der Waals surface area contributed by atoms with Gasteiger partial charge in [-0.2, -0.15) is 0 Å². The number of carbonyl (C=O) groups excluding carboxylic acids is 2. The van der Waals surface area contributed by atoms with Gasteiger partial charge in [0.05, 0.1) is 5.41 Å². The predicted molar refractivity (Wildman–Crippen MR) is 97.5 cm³/mol. The fourth-order valence-corrected chi connectivity index (χ4v) is 3.45. The molecule has 0 aliphatic heterocycles. The van der Waals surface area contributed by atoms with Crippen molar-refractivity contribution >= 4 is 11.6 Å². The number of hydrogen-bond donors (Lipinski definition) is 0. The Bertz CT molecular complexity index is 390. The highest BCUT2D eigenvalue weighted by atomic mass is 16.2. The molecule has 1 rings (SSSR count). The Kier molecular flexibility index (Phi) is 9.82. The van der Waals surface area contributed by atoms with E-state index in [0.29, 0.717) is 25.7 Å². The molecule has 2 heteroatoms. The van der Waals surface area contributed by atoms with Gasteiger partial charge in [0.1, 0.15) is 11.6 Å². The Hall–Kier alpha value is -1.18. The van der Waals surface area contributed by atoms with Gasteiger partial charge in [0.2, 0.25) is 0 Å². The molecule has 1 aliphatic rings. The summed E-state index contributed by atoms with van der Waals surface area (Å²) in [5.74, 6) is 0.239. The molecule has 0 radical (unpaired) electrons. The van der Waals surface area contributed by atoms with Crippen molar-refractivity contribution < 1.29 is 9.59 Å². The molecule has 1 fully saturated rings. The van der Waals surface area contributed by atoms with Crippen molar-refractivity contribution in [1.82, 2.24) is 0 Å². The molecular formula is C21H34O2. The Morgan fingerprint density at radius 1 is 0.913 bits per heavy atom. The number of hydrogen-bond acceptors (Lipinski definition) is 2. The first kappa shape index (κ1) is 19.9. The zero-order valence-electron chi connectivity index (χ0n) is 14.9. The van der Waals surface area contributed by atoms with E-state index >= 15 is 0 Å². The second-order valence-corrected chi connectivity index (χ2v) is 6.86. The van der Waals surface area contributed by atoms with Crippen LogP contribution in [0.4, 0.5) is 0 Å². The van der Waals surface area contributed by atoms with Crippen LogP contribution < -0.4 is 0 Å². The first-order chi connectivity index (χ1) is 11.2. The lowest BCUT2D eigenvalue weighted by Gasteiger charge is -2.32. The minimum Gasteiger partial charge on any atom is -0.299 e. The van der Waals surface area contributed by atoms with Crippen LogP contribution in [0.5, 0.6) is 0 Å². The molecule has 0 heterocycles. The summed E-state index contributed by atoms with van der Waals surface area (Å²) in [5.41, 5.74) is -0.795. The van der Waals surface area contributed by atoms with Crippen molar-refractivity contribution in [2.75, 3.05) is 0 Å². The van der Waals surface area contributed by atoms with E-state index in [9.17, 15) is 9.59 Å². The van der Waals surface area contributed by atoms with Crippen LogP contribution in [0.3, 0.4) is 0 Å². The molecule has 0 bridgehead atoms. The quantitative estimate of drug-likeness (QED) is 0.253. The summed E-state index contributed by atoms with van der Waals surface area (Å²) in [6, 6.07) is 0. The SMILES string of the molecule is C=CCC1(C/C=C/CCCCCCCCC)C(=O)CCCC1=O. The lowest BCUT2D eigenvalue weighted by Crippen LogP contribution is -2.41. The number of unbranched alkanes of at least 4 members (excludes halogenated alkanes) is 7. The number of carbonyl (C=O) groups is 2. The van der Waals surface area contributed by atoms with Crippen LogP contribution in [-0.4, -0.2) is 11.6 Å². The van der Waals surface area contributed by atoms with Gasteiger partial charge in [-0.05, 0) is 32.1 Å². The Balaban J connectivity index is 2.31. The molecule has 2 nitrogen and oxygen atoms in total. The third kappa shape index (κ3) is 6.45. The highest BCUT2D eigenvalue weighted by molar-refractivity contribution is 6.09. The highest BCUT2D eigenvalue weighted by Gasteiger charge is 2.44. The van der Waals surface area contributed by atoms with Crippen LogP contribution in [0.1, 0.15) is 90.4 Å². The van der Waals surface area contributed by atoms with Gasteiger partial charge in [-0.1, -0.05) is 63.7 Å². The van der Waals surface area contributed by atoms with E-state index in [2.05, 4.69) is 25.7 Å². The van der Waals surface area contributed by atoms with Crippen molar-refractivity contribution in [1.29, 1.82) is 0 Å². The molecule has 130 valence electrons. The predicted octanol–water partition coefficient (Wildman–Crippen LogP) is 5.96.